The summed E-state index contributed by atoms with van der Waals surface area (Å²) in [6.45, 7) is 0.312. The molecule has 1 N–H and O–H groups in total. The number of hydrogen-bond donors (Lipinski definition) is 1. The van der Waals surface area contributed by atoms with Gasteiger partial charge in [0.1, 0.15) is 18.2 Å². The van der Waals surface area contributed by atoms with E-state index >= 15 is 0 Å². The van der Waals surface area contributed by atoms with Gasteiger partial charge in [0.25, 0.3) is 0 Å². The van der Waals surface area contributed by atoms with Crippen molar-refractivity contribution in [2.75, 3.05) is 12.4 Å². The van der Waals surface area contributed by atoms with E-state index in [2.05, 4.69) is 15.3 Å². The zero-order chi connectivity index (χ0) is 14.7. The van der Waals surface area contributed by atoms with Crippen molar-refractivity contribution in [1.82, 2.24) is 9.97 Å². The van der Waals surface area contributed by atoms with Crippen LogP contribution in [0.25, 0.3) is 10.9 Å². The third kappa shape index (κ3) is 3.06. The van der Waals surface area contributed by atoms with Crippen molar-refractivity contribution in [3.8, 4) is 5.75 Å². The Labute approximate surface area is 127 Å². The number of fused-ring (bicyclic) bond motifs is 1. The molecule has 0 saturated carbocycles. The fourth-order valence-electron chi connectivity index (χ4n) is 2.01. The zero-order valence-electron chi connectivity index (χ0n) is 11.5. The van der Waals surface area contributed by atoms with Crippen molar-refractivity contribution < 1.29 is 4.74 Å². The van der Waals surface area contributed by atoms with Gasteiger partial charge in [0.05, 0.1) is 16.2 Å². The first-order chi connectivity index (χ1) is 10.3. The summed E-state index contributed by atoms with van der Waals surface area (Å²) in [6.07, 6.45) is 1.76. The highest BCUT2D eigenvalue weighted by Gasteiger charge is 2.05. The van der Waals surface area contributed by atoms with Gasteiger partial charge in [-0.2, -0.15) is 0 Å². The van der Waals surface area contributed by atoms with E-state index in [4.69, 9.17) is 16.3 Å². The summed E-state index contributed by atoms with van der Waals surface area (Å²) in [7, 11) is 1.82. The van der Waals surface area contributed by atoms with Gasteiger partial charge in [-0.3, -0.25) is 4.98 Å². The Hall–Kier alpha value is -2.33. The van der Waals surface area contributed by atoms with E-state index in [0.717, 1.165) is 22.5 Å². The fraction of sp³-hybridized carbons (Fsp3) is 0.125. The first-order valence-electron chi connectivity index (χ1n) is 6.57. The molecule has 0 fully saturated rings. The highest BCUT2D eigenvalue weighted by molar-refractivity contribution is 6.31. The molecule has 106 valence electrons. The van der Waals surface area contributed by atoms with Crippen LogP contribution >= 0.6 is 11.6 Å². The second-order valence-electron chi connectivity index (χ2n) is 4.52. The highest BCUT2D eigenvalue weighted by Crippen LogP contribution is 2.22. The second-order valence-corrected chi connectivity index (χ2v) is 4.93. The molecule has 21 heavy (non-hydrogen) atoms. The van der Waals surface area contributed by atoms with Gasteiger partial charge in [-0.05, 0) is 30.3 Å². The molecular weight excluding hydrogens is 286 g/mol. The van der Waals surface area contributed by atoms with Crippen LogP contribution in [0.1, 0.15) is 5.69 Å². The van der Waals surface area contributed by atoms with E-state index in [1.165, 1.54) is 0 Å². The molecule has 0 aliphatic rings. The molecule has 0 bridgehead atoms. The summed E-state index contributed by atoms with van der Waals surface area (Å²) < 4.78 is 5.77. The van der Waals surface area contributed by atoms with E-state index in [0.29, 0.717) is 17.3 Å². The summed E-state index contributed by atoms with van der Waals surface area (Å²) in [6, 6.07) is 13.4. The molecule has 0 radical (unpaired) electrons. The van der Waals surface area contributed by atoms with Gasteiger partial charge < -0.3 is 10.1 Å². The lowest BCUT2D eigenvalue weighted by molar-refractivity contribution is 0.302. The number of hydrogen-bond acceptors (Lipinski definition) is 4. The molecule has 0 spiro atoms. The van der Waals surface area contributed by atoms with Gasteiger partial charge in [0.15, 0.2) is 0 Å². The average molecular weight is 300 g/mol. The number of aromatic nitrogens is 2. The van der Waals surface area contributed by atoms with Gasteiger partial charge in [-0.1, -0.05) is 17.7 Å². The summed E-state index contributed by atoms with van der Waals surface area (Å²) >= 11 is 6.13. The van der Waals surface area contributed by atoms with Gasteiger partial charge in [-0.15, -0.1) is 0 Å². The van der Waals surface area contributed by atoms with E-state index in [1.807, 2.05) is 43.4 Å². The van der Waals surface area contributed by atoms with Crippen LogP contribution in [0.4, 0.5) is 5.82 Å². The number of halogens is 1. The molecular formula is C16H14ClN3O. The van der Waals surface area contributed by atoms with Gasteiger partial charge in [-0.25, -0.2) is 4.98 Å². The fourth-order valence-corrected chi connectivity index (χ4v) is 2.17. The zero-order valence-corrected chi connectivity index (χ0v) is 12.3. The first kappa shape index (κ1) is 13.6. The molecule has 0 amide bonds. The average Bonchev–Trinajstić information content (AvgIpc) is 2.54. The van der Waals surface area contributed by atoms with Crippen molar-refractivity contribution >= 4 is 28.3 Å². The Morgan fingerprint density at radius 2 is 2.10 bits per heavy atom. The number of rotatable bonds is 4. The minimum atomic E-state index is 0.312. The molecule has 0 atom stereocenters. The molecule has 4 nitrogen and oxygen atoms in total. The van der Waals surface area contributed by atoms with Crippen LogP contribution in [-0.4, -0.2) is 17.0 Å². The number of nitrogens with one attached hydrogen (secondary N) is 1. The minimum Gasteiger partial charge on any atom is -0.487 e. The van der Waals surface area contributed by atoms with E-state index in [1.54, 1.807) is 12.3 Å². The standard InChI is InChI=1S/C16H14ClN3O/c1-18-16-7-6-13(17)15(20-16)10-21-12-5-4-11-3-2-8-19-14(11)9-12/h2-9H,10H2,1H3,(H,18,20). The molecule has 1 aromatic carbocycles. The van der Waals surface area contributed by atoms with Crippen molar-refractivity contribution in [2.45, 2.75) is 6.61 Å². The van der Waals surface area contributed by atoms with Crippen molar-refractivity contribution in [2.24, 2.45) is 0 Å². The summed E-state index contributed by atoms with van der Waals surface area (Å²) in [5, 5.41) is 4.65. The topological polar surface area (TPSA) is 47.0 Å². The Balaban J connectivity index is 1.80. The summed E-state index contributed by atoms with van der Waals surface area (Å²) in [5.41, 5.74) is 1.60. The molecule has 3 aromatic rings. The number of benzene rings is 1. The molecule has 0 unspecified atom stereocenters. The number of nitrogens with zero attached hydrogens (tertiary/aromatic N) is 2. The van der Waals surface area contributed by atoms with E-state index in [-0.39, 0.29) is 0 Å². The van der Waals surface area contributed by atoms with E-state index < -0.39 is 0 Å². The van der Waals surface area contributed by atoms with E-state index in [9.17, 15) is 0 Å². The number of pyridine rings is 2. The normalized spacial score (nSPS) is 10.6. The smallest absolute Gasteiger partial charge is 0.132 e. The van der Waals surface area contributed by atoms with Crippen LogP contribution in [0, 0.1) is 0 Å². The van der Waals surface area contributed by atoms with Crippen molar-refractivity contribution in [3.63, 3.8) is 0 Å². The summed E-state index contributed by atoms with van der Waals surface area (Å²) in [4.78, 5) is 8.69. The first-order valence-corrected chi connectivity index (χ1v) is 6.95. The largest absolute Gasteiger partial charge is 0.487 e. The Bertz CT molecular complexity index is 776. The molecule has 2 heterocycles. The van der Waals surface area contributed by atoms with Crippen LogP contribution < -0.4 is 10.1 Å². The second kappa shape index (κ2) is 5.97. The Kier molecular flexibility index (Phi) is 3.88. The molecule has 0 aliphatic heterocycles. The number of ether oxygens (including phenoxy) is 1. The van der Waals surface area contributed by atoms with Crippen LogP contribution in [-0.2, 0) is 6.61 Å². The van der Waals surface area contributed by atoms with Crippen LogP contribution in [0.3, 0.4) is 0 Å². The highest BCUT2D eigenvalue weighted by atomic mass is 35.5. The molecule has 0 aliphatic carbocycles. The molecule has 3 rings (SSSR count). The molecule has 2 aromatic heterocycles. The molecule has 5 heteroatoms. The Morgan fingerprint density at radius 3 is 2.95 bits per heavy atom. The maximum Gasteiger partial charge on any atom is 0.132 e. The quantitative estimate of drug-likeness (QED) is 0.793. The monoisotopic (exact) mass is 299 g/mol. The lowest BCUT2D eigenvalue weighted by Gasteiger charge is -2.09. The Morgan fingerprint density at radius 1 is 1.19 bits per heavy atom. The lowest BCUT2D eigenvalue weighted by Crippen LogP contribution is -2.02. The van der Waals surface area contributed by atoms with Crippen LogP contribution in [0.5, 0.6) is 5.75 Å². The number of anilines is 1. The van der Waals surface area contributed by atoms with Crippen molar-refractivity contribution in [3.05, 3.63) is 59.4 Å². The maximum atomic E-state index is 6.13. The van der Waals surface area contributed by atoms with Gasteiger partial charge in [0, 0.05) is 24.7 Å². The molecule has 0 saturated heterocycles. The predicted octanol–water partition coefficient (Wildman–Crippen LogP) is 3.90. The SMILES string of the molecule is CNc1ccc(Cl)c(COc2ccc3cccnc3c2)n1. The van der Waals surface area contributed by atoms with Crippen LogP contribution in [0.15, 0.2) is 48.7 Å². The van der Waals surface area contributed by atoms with Crippen molar-refractivity contribution in [1.29, 1.82) is 0 Å². The third-order valence-corrected chi connectivity index (χ3v) is 3.47. The third-order valence-electron chi connectivity index (χ3n) is 3.13. The lowest BCUT2D eigenvalue weighted by atomic mass is 10.2. The van der Waals surface area contributed by atoms with Gasteiger partial charge >= 0.3 is 0 Å². The van der Waals surface area contributed by atoms with Gasteiger partial charge in [0.2, 0.25) is 0 Å². The minimum absolute atomic E-state index is 0.312. The van der Waals surface area contributed by atoms with Crippen LogP contribution in [0.2, 0.25) is 5.02 Å². The predicted molar refractivity (Wildman–Crippen MR) is 84.9 cm³/mol. The maximum absolute atomic E-state index is 6.13. The summed E-state index contributed by atoms with van der Waals surface area (Å²) in [5.74, 6) is 1.51.